The first kappa shape index (κ1) is 23.4. The number of ketones is 1. The Balaban J connectivity index is 1.18. The summed E-state index contributed by atoms with van der Waals surface area (Å²) in [7, 11) is 0. The maximum atomic E-state index is 12.9. The number of carbonyl (C=O) groups is 2. The summed E-state index contributed by atoms with van der Waals surface area (Å²) in [5, 5.41) is 0. The van der Waals surface area contributed by atoms with Crippen LogP contribution in [0.4, 0.5) is 0 Å². The summed E-state index contributed by atoms with van der Waals surface area (Å²) in [6, 6.07) is 0.804. The van der Waals surface area contributed by atoms with Gasteiger partial charge in [0.25, 0.3) is 0 Å². The first-order chi connectivity index (χ1) is 15.5. The molecule has 2 aliphatic carbocycles. The largest absolute Gasteiger partial charge is 0.339 e. The van der Waals surface area contributed by atoms with E-state index in [0.29, 0.717) is 54.9 Å². The number of piperidine rings is 1. The minimum atomic E-state index is 0.0721. The molecule has 0 radical (unpaired) electrons. The lowest BCUT2D eigenvalue weighted by atomic mass is 9.78. The smallest absolute Gasteiger partial charge is 0.222 e. The third kappa shape index (κ3) is 5.80. The predicted molar refractivity (Wildman–Crippen MR) is 131 cm³/mol. The van der Waals surface area contributed by atoms with Crippen molar-refractivity contribution in [1.82, 2.24) is 4.90 Å². The lowest BCUT2D eigenvalue weighted by Gasteiger charge is -2.44. The summed E-state index contributed by atoms with van der Waals surface area (Å²) in [6.45, 7) is 5.17. The molecule has 0 N–H and O–H groups in total. The molecule has 0 aromatic heterocycles. The number of hydrogen-bond donors (Lipinski definition) is 0. The molecule has 4 nitrogen and oxygen atoms in total. The first-order valence-electron chi connectivity index (χ1n) is 13.2. The van der Waals surface area contributed by atoms with Crippen molar-refractivity contribution in [2.24, 2.45) is 28.7 Å². The number of fused-ring (bicyclic) bond motifs is 3. The van der Waals surface area contributed by atoms with E-state index in [2.05, 4.69) is 43.2 Å². The van der Waals surface area contributed by atoms with Crippen molar-refractivity contribution in [3.8, 4) is 0 Å². The van der Waals surface area contributed by atoms with Gasteiger partial charge in [-0.25, -0.2) is 0 Å². The highest BCUT2D eigenvalue weighted by atomic mass is 16.2. The van der Waals surface area contributed by atoms with Crippen molar-refractivity contribution in [2.45, 2.75) is 103 Å². The van der Waals surface area contributed by atoms with Gasteiger partial charge in [0, 0.05) is 43.5 Å². The molecule has 1 saturated heterocycles. The molecule has 0 aromatic rings. The average molecular weight is 439 g/mol. The number of allylic oxidation sites excluding steroid dienone is 3. The van der Waals surface area contributed by atoms with E-state index in [9.17, 15) is 9.59 Å². The van der Waals surface area contributed by atoms with E-state index >= 15 is 0 Å². The topological polar surface area (TPSA) is 49.7 Å². The van der Waals surface area contributed by atoms with Crippen LogP contribution in [-0.2, 0) is 9.59 Å². The van der Waals surface area contributed by atoms with Crippen LogP contribution >= 0.6 is 0 Å². The Kier molecular flexibility index (Phi) is 8.02. The second-order valence-electron chi connectivity index (χ2n) is 10.8. The van der Waals surface area contributed by atoms with E-state index in [-0.39, 0.29) is 5.92 Å². The summed E-state index contributed by atoms with van der Waals surface area (Å²) < 4.78 is 0. The highest BCUT2D eigenvalue weighted by Crippen LogP contribution is 2.36. The molecule has 32 heavy (non-hydrogen) atoms. The molecule has 1 saturated carbocycles. The Morgan fingerprint density at radius 3 is 2.84 bits per heavy atom. The summed E-state index contributed by atoms with van der Waals surface area (Å²) in [5.74, 6) is 2.40. The lowest BCUT2D eigenvalue weighted by molar-refractivity contribution is -0.137. The Morgan fingerprint density at radius 2 is 1.97 bits per heavy atom. The van der Waals surface area contributed by atoms with Gasteiger partial charge in [0.1, 0.15) is 5.78 Å². The highest BCUT2D eigenvalue weighted by Gasteiger charge is 2.35. The van der Waals surface area contributed by atoms with Crippen molar-refractivity contribution in [1.29, 1.82) is 0 Å². The number of nitrogens with zero attached hydrogens (tertiary/aromatic N) is 2. The number of likely N-dealkylation sites (tertiary alicyclic amines) is 1. The molecule has 2 fully saturated rings. The van der Waals surface area contributed by atoms with Gasteiger partial charge in [-0.2, -0.15) is 0 Å². The van der Waals surface area contributed by atoms with Crippen LogP contribution in [0.15, 0.2) is 28.8 Å². The fraction of sp³-hybridized carbons (Fsp3) is 0.750. The van der Waals surface area contributed by atoms with Gasteiger partial charge in [0.15, 0.2) is 0 Å². The maximum absolute atomic E-state index is 12.9. The molecule has 1 amide bonds. The van der Waals surface area contributed by atoms with Crippen molar-refractivity contribution >= 4 is 17.9 Å². The second kappa shape index (κ2) is 10.9. The van der Waals surface area contributed by atoms with Crippen LogP contribution in [0.1, 0.15) is 90.9 Å². The SMILES string of the molecule is CC1=CC2CC(C=C1)N=CC2CCC(C)C(=O)CCCC(=O)N1CCCC2CCCCC21. The Hall–Kier alpha value is -1.71. The molecule has 176 valence electrons. The van der Waals surface area contributed by atoms with Gasteiger partial charge in [0.2, 0.25) is 5.91 Å². The number of carbonyl (C=O) groups excluding carboxylic acids is 2. The van der Waals surface area contributed by atoms with Gasteiger partial charge in [-0.1, -0.05) is 43.6 Å². The van der Waals surface area contributed by atoms with E-state index in [1.807, 2.05) is 0 Å². The highest BCUT2D eigenvalue weighted by molar-refractivity contribution is 5.82. The number of Topliss-reactive ketones (excluding diaryl/α,β-unsaturated/α-hetero) is 1. The van der Waals surface area contributed by atoms with Gasteiger partial charge >= 0.3 is 0 Å². The van der Waals surface area contributed by atoms with Crippen molar-refractivity contribution in [2.75, 3.05) is 6.54 Å². The fourth-order valence-corrected chi connectivity index (χ4v) is 6.45. The Morgan fingerprint density at radius 1 is 1.16 bits per heavy atom. The molecule has 2 heterocycles. The van der Waals surface area contributed by atoms with Gasteiger partial charge in [-0.05, 0) is 70.1 Å². The Labute approximate surface area is 194 Å². The minimum Gasteiger partial charge on any atom is -0.339 e. The zero-order valence-corrected chi connectivity index (χ0v) is 20.2. The van der Waals surface area contributed by atoms with E-state index in [1.165, 1.54) is 37.7 Å². The third-order valence-electron chi connectivity index (χ3n) is 8.45. The maximum Gasteiger partial charge on any atom is 0.222 e. The summed E-state index contributed by atoms with van der Waals surface area (Å²) in [4.78, 5) is 32.5. The van der Waals surface area contributed by atoms with Crippen LogP contribution in [-0.4, -0.2) is 41.4 Å². The zero-order valence-electron chi connectivity index (χ0n) is 20.2. The molecule has 0 spiro atoms. The van der Waals surface area contributed by atoms with Gasteiger partial charge in [-0.15, -0.1) is 0 Å². The molecule has 6 unspecified atom stereocenters. The van der Waals surface area contributed by atoms with Gasteiger partial charge < -0.3 is 4.90 Å². The summed E-state index contributed by atoms with van der Waals surface area (Å²) in [6.07, 6.45) is 21.3. The molecular weight excluding hydrogens is 396 g/mol. The summed E-state index contributed by atoms with van der Waals surface area (Å²) >= 11 is 0. The standard InChI is InChI=1S/C28H42N2O2/c1-20-12-15-25-18-24(17-20)23(19-29-25)14-13-21(2)27(31)10-5-11-28(32)30-16-6-8-22-7-3-4-9-26(22)30/h12,15,17,19,21-26H,3-11,13-14,16,18H2,1-2H3. The first-order valence-corrected chi connectivity index (χ1v) is 13.2. The Bertz CT molecular complexity index is 765. The van der Waals surface area contributed by atoms with Crippen LogP contribution in [0.5, 0.6) is 0 Å². The minimum absolute atomic E-state index is 0.0721. The van der Waals surface area contributed by atoms with Crippen LogP contribution in [0.2, 0.25) is 0 Å². The molecule has 0 aromatic carbocycles. The van der Waals surface area contributed by atoms with E-state index < -0.39 is 0 Å². The van der Waals surface area contributed by atoms with Crippen LogP contribution in [0.25, 0.3) is 0 Å². The molecule has 2 bridgehead atoms. The van der Waals surface area contributed by atoms with Crippen molar-refractivity contribution in [3.63, 3.8) is 0 Å². The quantitative estimate of drug-likeness (QED) is 0.473. The number of aliphatic imine (C=N–C) groups is 1. The second-order valence-corrected chi connectivity index (χ2v) is 10.8. The van der Waals surface area contributed by atoms with Crippen LogP contribution < -0.4 is 0 Å². The monoisotopic (exact) mass is 438 g/mol. The normalized spacial score (nSPS) is 32.6. The number of amides is 1. The van der Waals surface area contributed by atoms with Crippen LogP contribution in [0.3, 0.4) is 0 Å². The van der Waals surface area contributed by atoms with Crippen molar-refractivity contribution < 1.29 is 9.59 Å². The van der Waals surface area contributed by atoms with E-state index in [0.717, 1.165) is 38.1 Å². The van der Waals surface area contributed by atoms with Gasteiger partial charge in [-0.3, -0.25) is 14.6 Å². The zero-order chi connectivity index (χ0) is 22.5. The fourth-order valence-electron chi connectivity index (χ4n) is 6.45. The van der Waals surface area contributed by atoms with Crippen LogP contribution in [0, 0.1) is 23.7 Å². The van der Waals surface area contributed by atoms with E-state index in [1.54, 1.807) is 0 Å². The third-order valence-corrected chi connectivity index (χ3v) is 8.45. The molecule has 4 aliphatic rings. The molecular formula is C28H42N2O2. The van der Waals surface area contributed by atoms with Crippen molar-refractivity contribution in [3.05, 3.63) is 23.8 Å². The molecule has 4 rings (SSSR count). The lowest BCUT2D eigenvalue weighted by Crippen LogP contribution is -2.49. The van der Waals surface area contributed by atoms with Gasteiger partial charge in [0.05, 0.1) is 6.04 Å². The number of rotatable bonds is 8. The molecule has 4 heteroatoms. The summed E-state index contributed by atoms with van der Waals surface area (Å²) in [5.41, 5.74) is 1.33. The van der Waals surface area contributed by atoms with E-state index in [4.69, 9.17) is 4.99 Å². The average Bonchev–Trinajstić information content (AvgIpc) is 2.95. The number of hydrogen-bond acceptors (Lipinski definition) is 3. The molecule has 2 aliphatic heterocycles. The predicted octanol–water partition coefficient (Wildman–Crippen LogP) is 5.91. The molecule has 6 atom stereocenters.